The standard InChI is InChI=1S/C47H28.B5/c1-27-22-23-31-30(24-27)25-39-44-34(31)18-10-21-37(44)46-41(28-12-4-2-5-13-28)40-26-38-33-17-9-8-16-32(33)35-19-11-20-36(43(35)38)45(40)42(47(39)46)29-14-6-3-7-15-29;1-4-5(2)3/h2-26H,1H3;. The third kappa shape index (κ3) is 4.48. The third-order valence-electron chi connectivity index (χ3n) is 11.0. The van der Waals surface area contributed by atoms with Crippen molar-refractivity contribution in [3.63, 3.8) is 0 Å². The summed E-state index contributed by atoms with van der Waals surface area (Å²) in [4.78, 5) is 0. The van der Waals surface area contributed by atoms with Gasteiger partial charge in [0.2, 0.25) is 0 Å². The normalized spacial score (nSPS) is 11.8. The zero-order valence-electron chi connectivity index (χ0n) is 28.8. The monoisotopic (exact) mass is 647 g/mol. The third-order valence-corrected chi connectivity index (χ3v) is 11.0. The SMILES string of the molecule is Cc1ccc2c(c1)cc1c3c(-c4ccccc4)c4c(cc5c6ccccc6c6cccc4c65)c(-c4ccccc4)c3c3cccc2c31.[B][B]B([B])[B]. The van der Waals surface area contributed by atoms with Crippen LogP contribution in [0.2, 0.25) is 0 Å². The molecule has 0 amide bonds. The van der Waals surface area contributed by atoms with Crippen LogP contribution in [0, 0.1) is 6.92 Å². The summed E-state index contributed by atoms with van der Waals surface area (Å²) in [5.74, 6) is 0. The zero-order chi connectivity index (χ0) is 35.1. The van der Waals surface area contributed by atoms with Gasteiger partial charge in [0.15, 0.2) is 0 Å². The van der Waals surface area contributed by atoms with E-state index in [1.54, 1.807) is 0 Å². The Bertz CT molecular complexity index is 3130. The maximum atomic E-state index is 4.89. The average molecular weight is 647 g/mol. The summed E-state index contributed by atoms with van der Waals surface area (Å²) in [6.07, 6.45) is -0.463. The fourth-order valence-electron chi connectivity index (χ4n) is 8.93. The molecule has 0 saturated carbocycles. The summed E-state index contributed by atoms with van der Waals surface area (Å²) in [5.41, 5.74) is 6.46. The smallest absolute Gasteiger partial charge is 0 e. The van der Waals surface area contributed by atoms with Gasteiger partial charge in [0.25, 0.3) is 0 Å². The van der Waals surface area contributed by atoms with Gasteiger partial charge in [-0.3, -0.25) is 0 Å². The molecule has 231 valence electrons. The van der Waals surface area contributed by atoms with E-state index in [0.29, 0.717) is 0 Å². The first-order valence-electron chi connectivity index (χ1n) is 17.9. The molecule has 11 aromatic rings. The minimum atomic E-state index is -0.463. The van der Waals surface area contributed by atoms with Crippen LogP contribution < -0.4 is 0 Å². The van der Waals surface area contributed by atoms with Gasteiger partial charge in [-0.2, -0.15) is 0 Å². The van der Waals surface area contributed by atoms with Gasteiger partial charge in [0.05, 0.1) is 0 Å². The van der Waals surface area contributed by atoms with Gasteiger partial charge in [-0.15, -0.1) is 0 Å². The van der Waals surface area contributed by atoms with Crippen LogP contribution in [0.25, 0.3) is 108 Å². The van der Waals surface area contributed by atoms with Crippen molar-refractivity contribution >= 4 is 123 Å². The number of aryl methyl sites for hydroxylation is 1. The predicted octanol–water partition coefficient (Wildman–Crippen LogP) is 11.5. The Balaban J connectivity index is 0.000000637. The maximum Gasteiger partial charge on any atom is 0 e. The highest BCUT2D eigenvalue weighted by molar-refractivity contribution is 7.60. The van der Waals surface area contributed by atoms with Gasteiger partial charge in [-0.1, -0.05) is 145 Å². The van der Waals surface area contributed by atoms with E-state index in [-0.39, 0.29) is 0 Å². The van der Waals surface area contributed by atoms with Gasteiger partial charge < -0.3 is 0 Å². The lowest BCUT2D eigenvalue weighted by Crippen LogP contribution is -2.23. The lowest BCUT2D eigenvalue weighted by atomic mass is 8.97. The van der Waals surface area contributed by atoms with E-state index < -0.39 is 6.39 Å². The molecular formula is C47H28B5. The minimum absolute atomic E-state index is 0.463. The second-order valence-electron chi connectivity index (χ2n) is 14.0. The van der Waals surface area contributed by atoms with Crippen LogP contribution in [0.15, 0.2) is 152 Å². The molecule has 0 saturated heterocycles. The summed E-state index contributed by atoms with van der Waals surface area (Å²) >= 11 is 0. The fourth-order valence-corrected chi connectivity index (χ4v) is 8.93. The number of rotatable bonds is 3. The van der Waals surface area contributed by atoms with Crippen molar-refractivity contribution in [1.82, 2.24) is 0 Å². The summed E-state index contributed by atoms with van der Waals surface area (Å²) in [5, 5.41) is 21.4. The molecule has 0 aliphatic carbocycles. The van der Waals surface area contributed by atoms with Crippen LogP contribution in [-0.2, 0) is 0 Å². The molecule has 0 bridgehead atoms. The molecule has 11 rings (SSSR count). The summed E-state index contributed by atoms with van der Waals surface area (Å²) in [6.45, 7) is 2.20. The summed E-state index contributed by atoms with van der Waals surface area (Å²) < 4.78 is 0. The van der Waals surface area contributed by atoms with Crippen LogP contribution in [0.4, 0.5) is 0 Å². The van der Waals surface area contributed by atoms with E-state index in [4.69, 9.17) is 23.2 Å². The number of benzene rings is 9. The van der Waals surface area contributed by atoms with Crippen LogP contribution in [0.5, 0.6) is 0 Å². The first-order chi connectivity index (χ1) is 25.5. The molecule has 0 unspecified atom stereocenters. The Morgan fingerprint density at radius 1 is 0.385 bits per heavy atom. The van der Waals surface area contributed by atoms with E-state index in [1.165, 1.54) is 121 Å². The molecule has 0 fully saturated rings. The van der Waals surface area contributed by atoms with Gasteiger partial charge in [-0.25, -0.2) is 0 Å². The molecule has 0 nitrogen and oxygen atoms in total. The Kier molecular flexibility index (Phi) is 7.16. The second kappa shape index (κ2) is 12.0. The second-order valence-corrected chi connectivity index (χ2v) is 14.0. The molecule has 0 aliphatic heterocycles. The lowest BCUT2D eigenvalue weighted by molar-refractivity contribution is 1.51. The molecule has 11 aromatic carbocycles. The Labute approximate surface area is 308 Å². The molecular weight excluding hydrogens is 619 g/mol. The van der Waals surface area contributed by atoms with Crippen molar-refractivity contribution in [2.24, 2.45) is 0 Å². The van der Waals surface area contributed by atoms with E-state index in [9.17, 15) is 0 Å². The highest BCUT2D eigenvalue weighted by Gasteiger charge is 2.26. The molecule has 0 aliphatic rings. The molecule has 5 heteroatoms. The van der Waals surface area contributed by atoms with E-state index in [1.807, 2.05) is 0 Å². The number of hydrogen-bond donors (Lipinski definition) is 0. The van der Waals surface area contributed by atoms with E-state index >= 15 is 0 Å². The van der Waals surface area contributed by atoms with Gasteiger partial charge in [0, 0.05) is 36.7 Å². The van der Waals surface area contributed by atoms with Crippen molar-refractivity contribution in [2.75, 3.05) is 0 Å². The van der Waals surface area contributed by atoms with Crippen molar-refractivity contribution in [3.05, 3.63) is 157 Å². The molecule has 0 spiro atoms. The minimum Gasteiger partial charge on any atom is -0.0622 e. The average Bonchev–Trinajstić information content (AvgIpc) is 3.69. The van der Waals surface area contributed by atoms with Crippen molar-refractivity contribution < 1.29 is 0 Å². The molecule has 0 N–H and O–H groups in total. The molecule has 0 heterocycles. The first kappa shape index (κ1) is 31.1. The highest BCUT2D eigenvalue weighted by Crippen LogP contribution is 2.55. The maximum absolute atomic E-state index is 4.89. The quantitative estimate of drug-likeness (QED) is 0.132. The van der Waals surface area contributed by atoms with Crippen LogP contribution >= 0.6 is 0 Å². The highest BCUT2D eigenvalue weighted by atomic mass is 14.3. The fraction of sp³-hybridized carbons (Fsp3) is 0.0213. The largest absolute Gasteiger partial charge is 0.0622 e. The zero-order valence-corrected chi connectivity index (χ0v) is 28.8. The summed E-state index contributed by atoms with van der Waals surface area (Å²) in [7, 11) is 15.8. The Morgan fingerprint density at radius 2 is 0.885 bits per heavy atom. The van der Waals surface area contributed by atoms with E-state index in [2.05, 4.69) is 159 Å². The first-order valence-corrected chi connectivity index (χ1v) is 17.9. The summed E-state index contributed by atoms with van der Waals surface area (Å²) in [6, 6.07) is 57.0. The van der Waals surface area contributed by atoms with Crippen molar-refractivity contribution in [3.8, 4) is 22.3 Å². The van der Waals surface area contributed by atoms with Crippen LogP contribution in [0.3, 0.4) is 0 Å². The van der Waals surface area contributed by atoms with Crippen LogP contribution in [0.1, 0.15) is 5.56 Å². The van der Waals surface area contributed by atoms with Gasteiger partial charge in [0.1, 0.15) is 0 Å². The molecule has 0 aromatic heterocycles. The molecule has 7 radical (unpaired) electrons. The molecule has 0 atom stereocenters. The number of hydrogen-bond acceptors (Lipinski definition) is 0. The predicted molar refractivity (Wildman–Crippen MR) is 233 cm³/mol. The van der Waals surface area contributed by atoms with Crippen molar-refractivity contribution in [1.29, 1.82) is 0 Å². The van der Waals surface area contributed by atoms with Crippen LogP contribution in [-0.4, -0.2) is 36.7 Å². The number of fused-ring (bicyclic) bond motifs is 10. The lowest BCUT2D eigenvalue weighted by Gasteiger charge is -2.19. The molecule has 52 heavy (non-hydrogen) atoms. The van der Waals surface area contributed by atoms with Crippen molar-refractivity contribution in [2.45, 2.75) is 6.92 Å². The van der Waals surface area contributed by atoms with Gasteiger partial charge in [-0.05, 0) is 127 Å². The topological polar surface area (TPSA) is 0 Å². The Morgan fingerprint density at radius 3 is 1.54 bits per heavy atom. The Hall–Kier alpha value is -5.66. The van der Waals surface area contributed by atoms with E-state index in [0.717, 1.165) is 0 Å². The van der Waals surface area contributed by atoms with Gasteiger partial charge >= 0.3 is 0 Å².